The number of carbonyl (C=O) groups is 1. The summed E-state index contributed by atoms with van der Waals surface area (Å²) >= 11 is 0. The molecule has 2 atom stereocenters. The fourth-order valence-electron chi connectivity index (χ4n) is 3.39. The molecule has 0 aromatic heterocycles. The van der Waals surface area contributed by atoms with Gasteiger partial charge < -0.3 is 16.0 Å². The number of benzene rings is 1. The lowest BCUT2D eigenvalue weighted by atomic mass is 9.97. The van der Waals surface area contributed by atoms with Crippen LogP contribution in [-0.2, 0) is 11.3 Å². The number of nitrogens with zero attached hydrogens (tertiary/aromatic N) is 2. The van der Waals surface area contributed by atoms with E-state index in [1.54, 1.807) is 0 Å². The fraction of sp³-hybridized carbons (Fsp3) is 0.619. The molecule has 1 aliphatic heterocycles. The van der Waals surface area contributed by atoms with Crippen molar-refractivity contribution in [2.45, 2.75) is 58.7 Å². The van der Waals surface area contributed by atoms with E-state index >= 15 is 0 Å². The zero-order valence-electron chi connectivity index (χ0n) is 17.0. The third kappa shape index (κ3) is 7.59. The molecule has 2 rings (SSSR count). The average Bonchev–Trinajstić information content (AvgIpc) is 2.67. The molecular weight excluding hydrogens is 338 g/mol. The first-order chi connectivity index (χ1) is 13.1. The highest BCUT2D eigenvalue weighted by Gasteiger charge is 2.26. The molecule has 0 bridgehead atoms. The van der Waals surface area contributed by atoms with Crippen LogP contribution in [0.4, 0.5) is 0 Å². The van der Waals surface area contributed by atoms with Crippen LogP contribution in [0.15, 0.2) is 35.3 Å². The largest absolute Gasteiger partial charge is 0.357 e. The van der Waals surface area contributed by atoms with Gasteiger partial charge >= 0.3 is 0 Å². The van der Waals surface area contributed by atoms with Crippen LogP contribution in [0.5, 0.6) is 0 Å². The van der Waals surface area contributed by atoms with E-state index in [0.29, 0.717) is 18.6 Å². The lowest BCUT2D eigenvalue weighted by Crippen LogP contribution is -2.51. The minimum atomic E-state index is -0.0277. The van der Waals surface area contributed by atoms with Crippen LogP contribution in [0.2, 0.25) is 0 Å². The number of aliphatic imine (C=N–C) groups is 1. The second kappa shape index (κ2) is 11.6. The molecule has 1 heterocycles. The number of carbonyl (C=O) groups excluding carboxylic acids is 1. The molecule has 6 heteroatoms. The SMILES string of the molecule is CCCNC(=O)CN=C(NCC)NC1CCN(Cc2ccccc2)C(C)C1. The molecule has 150 valence electrons. The molecule has 1 amide bonds. The summed E-state index contributed by atoms with van der Waals surface area (Å²) in [6.45, 7) is 10.1. The molecule has 0 radical (unpaired) electrons. The Bertz CT molecular complexity index is 589. The maximum atomic E-state index is 11.8. The Morgan fingerprint density at radius 3 is 2.67 bits per heavy atom. The molecule has 1 aromatic carbocycles. The summed E-state index contributed by atoms with van der Waals surface area (Å²) in [6.07, 6.45) is 3.08. The van der Waals surface area contributed by atoms with Gasteiger partial charge in [0.25, 0.3) is 0 Å². The minimum Gasteiger partial charge on any atom is -0.357 e. The lowest BCUT2D eigenvalue weighted by Gasteiger charge is -2.38. The van der Waals surface area contributed by atoms with E-state index in [0.717, 1.165) is 44.9 Å². The smallest absolute Gasteiger partial charge is 0.241 e. The number of amides is 1. The number of hydrogen-bond acceptors (Lipinski definition) is 3. The molecule has 6 nitrogen and oxygen atoms in total. The van der Waals surface area contributed by atoms with E-state index in [-0.39, 0.29) is 12.5 Å². The molecule has 0 spiro atoms. The molecule has 1 aromatic rings. The van der Waals surface area contributed by atoms with Crippen LogP contribution >= 0.6 is 0 Å². The van der Waals surface area contributed by atoms with Crippen LogP contribution < -0.4 is 16.0 Å². The van der Waals surface area contributed by atoms with Crippen LogP contribution in [0.25, 0.3) is 0 Å². The molecule has 1 saturated heterocycles. The number of nitrogens with one attached hydrogen (secondary N) is 3. The van der Waals surface area contributed by atoms with E-state index in [2.05, 4.69) is 63.1 Å². The summed E-state index contributed by atoms with van der Waals surface area (Å²) in [7, 11) is 0. The first-order valence-corrected chi connectivity index (χ1v) is 10.2. The summed E-state index contributed by atoms with van der Waals surface area (Å²) in [5.74, 6) is 0.706. The van der Waals surface area contributed by atoms with Gasteiger partial charge in [-0.2, -0.15) is 0 Å². The van der Waals surface area contributed by atoms with Gasteiger partial charge in [-0.05, 0) is 38.7 Å². The quantitative estimate of drug-likeness (QED) is 0.482. The third-order valence-corrected chi connectivity index (χ3v) is 4.88. The van der Waals surface area contributed by atoms with Crippen molar-refractivity contribution in [3.8, 4) is 0 Å². The summed E-state index contributed by atoms with van der Waals surface area (Å²) in [4.78, 5) is 18.8. The Morgan fingerprint density at radius 1 is 1.22 bits per heavy atom. The topological polar surface area (TPSA) is 68.8 Å². The van der Waals surface area contributed by atoms with Crippen LogP contribution in [0.1, 0.15) is 45.6 Å². The van der Waals surface area contributed by atoms with Crippen molar-refractivity contribution in [2.75, 3.05) is 26.2 Å². The van der Waals surface area contributed by atoms with Crippen LogP contribution in [-0.4, -0.2) is 55.0 Å². The predicted octanol–water partition coefficient (Wildman–Crippen LogP) is 2.12. The van der Waals surface area contributed by atoms with E-state index in [4.69, 9.17) is 0 Å². The number of guanidine groups is 1. The second-order valence-corrected chi connectivity index (χ2v) is 7.22. The first-order valence-electron chi connectivity index (χ1n) is 10.2. The van der Waals surface area contributed by atoms with E-state index < -0.39 is 0 Å². The monoisotopic (exact) mass is 373 g/mol. The van der Waals surface area contributed by atoms with Gasteiger partial charge in [-0.1, -0.05) is 37.3 Å². The van der Waals surface area contributed by atoms with Crippen molar-refractivity contribution in [3.63, 3.8) is 0 Å². The highest BCUT2D eigenvalue weighted by Crippen LogP contribution is 2.19. The molecule has 0 saturated carbocycles. The standard InChI is InChI=1S/C21H35N5O/c1-4-12-23-20(27)15-24-21(22-5-2)25-19-11-13-26(17(3)14-19)16-18-9-7-6-8-10-18/h6-10,17,19H,4-5,11-16H2,1-3H3,(H,23,27)(H2,22,24,25). The lowest BCUT2D eigenvalue weighted by molar-refractivity contribution is -0.119. The van der Waals surface area contributed by atoms with Crippen molar-refractivity contribution in [3.05, 3.63) is 35.9 Å². The zero-order chi connectivity index (χ0) is 19.5. The summed E-state index contributed by atoms with van der Waals surface area (Å²) in [5.41, 5.74) is 1.36. The molecular formula is C21H35N5O. The average molecular weight is 374 g/mol. The van der Waals surface area contributed by atoms with Gasteiger partial charge in [-0.3, -0.25) is 9.69 Å². The Labute approximate surface area is 163 Å². The van der Waals surface area contributed by atoms with Crippen LogP contribution in [0.3, 0.4) is 0 Å². The molecule has 2 unspecified atom stereocenters. The number of rotatable bonds is 8. The Kier molecular flexibility index (Phi) is 9.11. The maximum absolute atomic E-state index is 11.8. The minimum absolute atomic E-state index is 0.0277. The van der Waals surface area contributed by atoms with E-state index in [1.165, 1.54) is 5.56 Å². The number of hydrogen-bond donors (Lipinski definition) is 3. The van der Waals surface area contributed by atoms with Gasteiger partial charge in [0.1, 0.15) is 6.54 Å². The third-order valence-electron chi connectivity index (χ3n) is 4.88. The normalized spacial score (nSPS) is 20.9. The highest BCUT2D eigenvalue weighted by atomic mass is 16.1. The molecule has 27 heavy (non-hydrogen) atoms. The number of piperidine rings is 1. The van der Waals surface area contributed by atoms with Gasteiger partial charge in [0.2, 0.25) is 5.91 Å². The van der Waals surface area contributed by atoms with Gasteiger partial charge in [0.15, 0.2) is 5.96 Å². The van der Waals surface area contributed by atoms with Gasteiger partial charge in [-0.25, -0.2) is 4.99 Å². The summed E-state index contributed by atoms with van der Waals surface area (Å²) < 4.78 is 0. The van der Waals surface area contributed by atoms with Crippen molar-refractivity contribution >= 4 is 11.9 Å². The second-order valence-electron chi connectivity index (χ2n) is 7.22. The molecule has 1 aliphatic rings. The zero-order valence-corrected chi connectivity index (χ0v) is 17.0. The molecule has 3 N–H and O–H groups in total. The van der Waals surface area contributed by atoms with Crippen molar-refractivity contribution < 1.29 is 4.79 Å². The predicted molar refractivity (Wildman–Crippen MR) is 112 cm³/mol. The van der Waals surface area contributed by atoms with Gasteiger partial charge in [0.05, 0.1) is 0 Å². The van der Waals surface area contributed by atoms with Crippen molar-refractivity contribution in [1.82, 2.24) is 20.9 Å². The molecule has 0 aliphatic carbocycles. The Hall–Kier alpha value is -2.08. The van der Waals surface area contributed by atoms with Crippen molar-refractivity contribution in [2.24, 2.45) is 4.99 Å². The Balaban J connectivity index is 1.84. The fourth-order valence-corrected chi connectivity index (χ4v) is 3.39. The number of likely N-dealkylation sites (tertiary alicyclic amines) is 1. The highest BCUT2D eigenvalue weighted by molar-refractivity contribution is 5.85. The summed E-state index contributed by atoms with van der Waals surface area (Å²) in [6, 6.07) is 11.5. The molecule has 1 fully saturated rings. The van der Waals surface area contributed by atoms with Gasteiger partial charge in [0, 0.05) is 38.3 Å². The van der Waals surface area contributed by atoms with Gasteiger partial charge in [-0.15, -0.1) is 0 Å². The summed E-state index contributed by atoms with van der Waals surface area (Å²) in [5, 5.41) is 9.63. The van der Waals surface area contributed by atoms with E-state index in [1.807, 2.05) is 13.8 Å². The Morgan fingerprint density at radius 2 is 2.00 bits per heavy atom. The maximum Gasteiger partial charge on any atom is 0.241 e. The van der Waals surface area contributed by atoms with E-state index in [9.17, 15) is 4.79 Å². The van der Waals surface area contributed by atoms with Crippen LogP contribution in [0, 0.1) is 0 Å². The first kappa shape index (κ1) is 21.2. The van der Waals surface area contributed by atoms with Crippen molar-refractivity contribution in [1.29, 1.82) is 0 Å².